The minimum atomic E-state index is 0.679. The van der Waals surface area contributed by atoms with E-state index < -0.39 is 0 Å². The summed E-state index contributed by atoms with van der Waals surface area (Å²) >= 11 is 3.78. The summed E-state index contributed by atoms with van der Waals surface area (Å²) in [5.41, 5.74) is 1.31. The van der Waals surface area contributed by atoms with E-state index in [4.69, 9.17) is 0 Å². The van der Waals surface area contributed by atoms with Gasteiger partial charge in [-0.1, -0.05) is 37.3 Å². The second kappa shape index (κ2) is 6.98. The van der Waals surface area contributed by atoms with E-state index in [1.807, 2.05) is 23.1 Å². The molecule has 1 N–H and O–H groups in total. The molecule has 18 heavy (non-hydrogen) atoms. The standard InChI is InChI=1S/C15H19NS2/c1-12(17-2)10-16-11-14-8-9-15(18-14)13-6-4-3-5-7-13/h3-9,12,16H,10-11H2,1-2H3. The Labute approximate surface area is 118 Å². The summed E-state index contributed by atoms with van der Waals surface area (Å²) in [7, 11) is 0. The SMILES string of the molecule is CSC(C)CNCc1ccc(-c2ccccc2)s1. The van der Waals surface area contributed by atoms with Crippen LogP contribution in [0.25, 0.3) is 10.4 Å². The average molecular weight is 277 g/mol. The predicted octanol–water partition coefficient (Wildman–Crippen LogP) is 4.26. The Morgan fingerprint density at radius 2 is 1.94 bits per heavy atom. The van der Waals surface area contributed by atoms with Crippen LogP contribution in [0.4, 0.5) is 0 Å². The minimum absolute atomic E-state index is 0.679. The second-order valence-electron chi connectivity index (χ2n) is 4.31. The fourth-order valence-electron chi connectivity index (χ4n) is 1.71. The van der Waals surface area contributed by atoms with Gasteiger partial charge in [0, 0.05) is 28.1 Å². The molecule has 0 amide bonds. The third kappa shape index (κ3) is 3.87. The van der Waals surface area contributed by atoms with Crippen molar-refractivity contribution in [3.63, 3.8) is 0 Å². The lowest BCUT2D eigenvalue weighted by molar-refractivity contribution is 0.691. The van der Waals surface area contributed by atoms with Gasteiger partial charge in [0.15, 0.2) is 0 Å². The Morgan fingerprint density at radius 1 is 1.17 bits per heavy atom. The highest BCUT2D eigenvalue weighted by atomic mass is 32.2. The smallest absolute Gasteiger partial charge is 0.0346 e. The van der Waals surface area contributed by atoms with E-state index in [0.717, 1.165) is 13.1 Å². The van der Waals surface area contributed by atoms with E-state index in [0.29, 0.717) is 5.25 Å². The molecule has 96 valence electrons. The summed E-state index contributed by atoms with van der Waals surface area (Å²) in [5.74, 6) is 0. The van der Waals surface area contributed by atoms with Crippen LogP contribution in [0.3, 0.4) is 0 Å². The summed E-state index contributed by atoms with van der Waals surface area (Å²) in [5, 5.41) is 4.19. The van der Waals surface area contributed by atoms with E-state index in [1.165, 1.54) is 15.3 Å². The van der Waals surface area contributed by atoms with Crippen LogP contribution in [-0.2, 0) is 6.54 Å². The molecular weight excluding hydrogens is 258 g/mol. The van der Waals surface area contributed by atoms with Crippen molar-refractivity contribution in [1.29, 1.82) is 0 Å². The molecule has 1 atom stereocenters. The van der Waals surface area contributed by atoms with Gasteiger partial charge in [0.1, 0.15) is 0 Å². The number of benzene rings is 1. The van der Waals surface area contributed by atoms with Gasteiger partial charge in [-0.3, -0.25) is 0 Å². The Bertz CT molecular complexity index is 464. The Kier molecular flexibility index (Phi) is 5.29. The largest absolute Gasteiger partial charge is 0.311 e. The summed E-state index contributed by atoms with van der Waals surface area (Å²) in [6, 6.07) is 15.0. The van der Waals surface area contributed by atoms with E-state index in [2.05, 4.69) is 61.0 Å². The number of thioether (sulfide) groups is 1. The van der Waals surface area contributed by atoms with Gasteiger partial charge in [0.2, 0.25) is 0 Å². The quantitative estimate of drug-likeness (QED) is 0.847. The molecule has 1 aromatic heterocycles. The average Bonchev–Trinajstić information content (AvgIpc) is 2.88. The molecule has 1 unspecified atom stereocenters. The highest BCUT2D eigenvalue weighted by Crippen LogP contribution is 2.27. The van der Waals surface area contributed by atoms with Crippen molar-refractivity contribution in [3.8, 4) is 10.4 Å². The van der Waals surface area contributed by atoms with Gasteiger partial charge in [-0.25, -0.2) is 0 Å². The lowest BCUT2D eigenvalue weighted by atomic mass is 10.2. The lowest BCUT2D eigenvalue weighted by Crippen LogP contribution is -2.21. The molecule has 0 aliphatic heterocycles. The first-order chi connectivity index (χ1) is 8.79. The first-order valence-electron chi connectivity index (χ1n) is 6.17. The molecule has 1 heterocycles. The molecule has 0 spiro atoms. The maximum Gasteiger partial charge on any atom is 0.0346 e. The van der Waals surface area contributed by atoms with Crippen molar-refractivity contribution in [2.75, 3.05) is 12.8 Å². The van der Waals surface area contributed by atoms with E-state index in [-0.39, 0.29) is 0 Å². The molecule has 0 aliphatic carbocycles. The molecule has 0 fully saturated rings. The molecule has 0 saturated carbocycles. The van der Waals surface area contributed by atoms with Crippen LogP contribution in [-0.4, -0.2) is 18.1 Å². The maximum absolute atomic E-state index is 3.51. The maximum atomic E-state index is 3.51. The molecule has 3 heteroatoms. The summed E-state index contributed by atoms with van der Waals surface area (Å²) in [4.78, 5) is 2.76. The van der Waals surface area contributed by atoms with Gasteiger partial charge >= 0.3 is 0 Å². The molecule has 0 radical (unpaired) electrons. The zero-order chi connectivity index (χ0) is 12.8. The van der Waals surface area contributed by atoms with Crippen LogP contribution >= 0.6 is 23.1 Å². The van der Waals surface area contributed by atoms with E-state index >= 15 is 0 Å². The second-order valence-corrected chi connectivity index (χ2v) is 6.75. The highest BCUT2D eigenvalue weighted by Gasteiger charge is 2.03. The van der Waals surface area contributed by atoms with Crippen molar-refractivity contribution in [2.24, 2.45) is 0 Å². The molecule has 0 aliphatic rings. The Hall–Kier alpha value is -0.770. The van der Waals surface area contributed by atoms with Crippen LogP contribution < -0.4 is 5.32 Å². The van der Waals surface area contributed by atoms with Gasteiger partial charge in [0.05, 0.1) is 0 Å². The predicted molar refractivity (Wildman–Crippen MR) is 84.4 cm³/mol. The van der Waals surface area contributed by atoms with Crippen LogP contribution in [0.2, 0.25) is 0 Å². The molecule has 2 rings (SSSR count). The minimum Gasteiger partial charge on any atom is -0.311 e. The molecule has 2 aromatic rings. The first kappa shape index (κ1) is 13.7. The zero-order valence-electron chi connectivity index (χ0n) is 10.8. The van der Waals surface area contributed by atoms with E-state index in [9.17, 15) is 0 Å². The van der Waals surface area contributed by atoms with Gasteiger partial charge in [-0.2, -0.15) is 11.8 Å². The summed E-state index contributed by atoms with van der Waals surface area (Å²) in [6.07, 6.45) is 2.16. The molecule has 0 saturated heterocycles. The fraction of sp³-hybridized carbons (Fsp3) is 0.333. The van der Waals surface area contributed by atoms with Gasteiger partial charge in [-0.15, -0.1) is 11.3 Å². The van der Waals surface area contributed by atoms with Crippen molar-refractivity contribution >= 4 is 23.1 Å². The van der Waals surface area contributed by atoms with Crippen molar-refractivity contribution in [3.05, 3.63) is 47.3 Å². The molecular formula is C15H19NS2. The summed E-state index contributed by atoms with van der Waals surface area (Å²) in [6.45, 7) is 4.30. The van der Waals surface area contributed by atoms with Gasteiger partial charge in [-0.05, 0) is 24.0 Å². The highest BCUT2D eigenvalue weighted by molar-refractivity contribution is 7.99. The van der Waals surface area contributed by atoms with Crippen LogP contribution in [0, 0.1) is 0 Å². The Morgan fingerprint density at radius 3 is 2.67 bits per heavy atom. The van der Waals surface area contributed by atoms with Crippen molar-refractivity contribution in [1.82, 2.24) is 5.32 Å². The van der Waals surface area contributed by atoms with Crippen LogP contribution in [0.15, 0.2) is 42.5 Å². The lowest BCUT2D eigenvalue weighted by Gasteiger charge is -2.08. The monoisotopic (exact) mass is 277 g/mol. The van der Waals surface area contributed by atoms with Crippen molar-refractivity contribution in [2.45, 2.75) is 18.7 Å². The third-order valence-corrected chi connectivity index (χ3v) is 4.96. The number of thiophene rings is 1. The van der Waals surface area contributed by atoms with Crippen LogP contribution in [0.5, 0.6) is 0 Å². The number of nitrogens with one attached hydrogen (secondary N) is 1. The number of hydrogen-bond donors (Lipinski definition) is 1. The zero-order valence-corrected chi connectivity index (χ0v) is 12.5. The topological polar surface area (TPSA) is 12.0 Å². The van der Waals surface area contributed by atoms with E-state index in [1.54, 1.807) is 0 Å². The normalized spacial score (nSPS) is 12.6. The number of hydrogen-bond acceptors (Lipinski definition) is 3. The first-order valence-corrected chi connectivity index (χ1v) is 8.27. The molecule has 1 aromatic carbocycles. The molecule has 1 nitrogen and oxygen atoms in total. The summed E-state index contributed by atoms with van der Waals surface area (Å²) < 4.78 is 0. The number of rotatable bonds is 6. The fourth-order valence-corrected chi connectivity index (χ4v) is 2.98. The van der Waals surface area contributed by atoms with Gasteiger partial charge < -0.3 is 5.32 Å². The molecule has 0 bridgehead atoms. The van der Waals surface area contributed by atoms with Gasteiger partial charge in [0.25, 0.3) is 0 Å². The van der Waals surface area contributed by atoms with Crippen LogP contribution in [0.1, 0.15) is 11.8 Å². The third-order valence-electron chi connectivity index (χ3n) is 2.85. The van der Waals surface area contributed by atoms with Crippen molar-refractivity contribution < 1.29 is 0 Å². The Balaban J connectivity index is 1.91.